The molecule has 1 aromatic carbocycles. The van der Waals surface area contributed by atoms with E-state index in [-0.39, 0.29) is 11.2 Å². The first-order valence-electron chi connectivity index (χ1n) is 4.54. The second kappa shape index (κ2) is 4.51. The third-order valence-electron chi connectivity index (χ3n) is 2.11. The summed E-state index contributed by atoms with van der Waals surface area (Å²) in [7, 11) is 1.76. The van der Waals surface area contributed by atoms with Gasteiger partial charge in [-0.3, -0.25) is 4.79 Å². The van der Waals surface area contributed by atoms with Gasteiger partial charge in [0.1, 0.15) is 0 Å². The SMILES string of the molecule is Cc1ccc(N(C)C(=O)C(C)S)cc1. The van der Waals surface area contributed by atoms with Crippen molar-refractivity contribution < 1.29 is 4.79 Å². The van der Waals surface area contributed by atoms with E-state index in [4.69, 9.17) is 0 Å². The van der Waals surface area contributed by atoms with Crippen molar-refractivity contribution in [2.24, 2.45) is 0 Å². The molecule has 0 aromatic heterocycles. The Bertz CT molecular complexity index is 319. The van der Waals surface area contributed by atoms with Gasteiger partial charge in [0.25, 0.3) is 0 Å². The summed E-state index contributed by atoms with van der Waals surface area (Å²) in [5.74, 6) is 0.0113. The van der Waals surface area contributed by atoms with E-state index >= 15 is 0 Å². The minimum atomic E-state index is -0.263. The summed E-state index contributed by atoms with van der Waals surface area (Å²) in [6.07, 6.45) is 0. The highest BCUT2D eigenvalue weighted by Crippen LogP contribution is 2.15. The monoisotopic (exact) mass is 209 g/mol. The number of rotatable bonds is 2. The molecule has 0 saturated carbocycles. The summed E-state index contributed by atoms with van der Waals surface area (Å²) in [4.78, 5) is 13.2. The van der Waals surface area contributed by atoms with E-state index in [0.29, 0.717) is 0 Å². The quantitative estimate of drug-likeness (QED) is 0.741. The molecule has 3 heteroatoms. The highest BCUT2D eigenvalue weighted by Gasteiger charge is 2.14. The molecule has 1 rings (SSSR count). The van der Waals surface area contributed by atoms with Gasteiger partial charge in [-0.1, -0.05) is 17.7 Å². The molecule has 0 saturated heterocycles. The molecule has 0 N–H and O–H groups in total. The van der Waals surface area contributed by atoms with E-state index in [9.17, 15) is 4.79 Å². The predicted molar refractivity (Wildman–Crippen MR) is 63.0 cm³/mol. The molecule has 1 aromatic rings. The summed E-state index contributed by atoms with van der Waals surface area (Å²) >= 11 is 4.11. The third kappa shape index (κ3) is 2.51. The van der Waals surface area contributed by atoms with E-state index in [1.165, 1.54) is 5.56 Å². The van der Waals surface area contributed by atoms with Crippen molar-refractivity contribution in [1.29, 1.82) is 0 Å². The van der Waals surface area contributed by atoms with Gasteiger partial charge in [0.05, 0.1) is 5.25 Å². The van der Waals surface area contributed by atoms with Crippen LogP contribution in [-0.2, 0) is 4.79 Å². The van der Waals surface area contributed by atoms with Gasteiger partial charge in [0.2, 0.25) is 5.91 Å². The van der Waals surface area contributed by atoms with Crippen LogP contribution in [0.15, 0.2) is 24.3 Å². The molecule has 0 radical (unpaired) electrons. The Morgan fingerprint density at radius 1 is 1.36 bits per heavy atom. The standard InChI is InChI=1S/C11H15NOS/c1-8-4-6-10(7-5-8)12(3)11(13)9(2)14/h4-7,9,14H,1-3H3. The number of amides is 1. The van der Waals surface area contributed by atoms with Crippen molar-refractivity contribution in [2.45, 2.75) is 19.1 Å². The Hall–Kier alpha value is -0.960. The van der Waals surface area contributed by atoms with Crippen LogP contribution in [0.3, 0.4) is 0 Å². The van der Waals surface area contributed by atoms with Crippen molar-refractivity contribution >= 4 is 24.2 Å². The van der Waals surface area contributed by atoms with Crippen molar-refractivity contribution in [3.8, 4) is 0 Å². The van der Waals surface area contributed by atoms with Crippen LogP contribution in [0.5, 0.6) is 0 Å². The lowest BCUT2D eigenvalue weighted by Crippen LogP contribution is -2.31. The first-order chi connectivity index (χ1) is 6.52. The molecule has 1 amide bonds. The minimum absolute atomic E-state index is 0.0113. The smallest absolute Gasteiger partial charge is 0.239 e. The van der Waals surface area contributed by atoms with Gasteiger partial charge in [-0.2, -0.15) is 12.6 Å². The van der Waals surface area contributed by atoms with Crippen molar-refractivity contribution in [2.75, 3.05) is 11.9 Å². The van der Waals surface area contributed by atoms with Crippen LogP contribution >= 0.6 is 12.6 Å². The molecular formula is C11H15NOS. The van der Waals surface area contributed by atoms with E-state index < -0.39 is 0 Å². The topological polar surface area (TPSA) is 20.3 Å². The molecule has 0 fully saturated rings. The zero-order chi connectivity index (χ0) is 10.7. The molecule has 0 heterocycles. The normalized spacial score (nSPS) is 12.3. The van der Waals surface area contributed by atoms with E-state index in [2.05, 4.69) is 12.6 Å². The minimum Gasteiger partial charge on any atom is -0.315 e. The molecule has 14 heavy (non-hydrogen) atoms. The second-order valence-corrected chi connectivity index (χ2v) is 4.18. The summed E-state index contributed by atoms with van der Waals surface area (Å²) < 4.78 is 0. The predicted octanol–water partition coefficient (Wildman–Crippen LogP) is 2.28. The van der Waals surface area contributed by atoms with E-state index in [1.54, 1.807) is 18.9 Å². The number of carbonyl (C=O) groups excluding carboxylic acids is 1. The molecule has 76 valence electrons. The number of carbonyl (C=O) groups is 1. The maximum absolute atomic E-state index is 11.6. The van der Waals surface area contributed by atoms with Crippen LogP contribution in [0.1, 0.15) is 12.5 Å². The number of hydrogen-bond acceptors (Lipinski definition) is 2. The maximum Gasteiger partial charge on any atom is 0.239 e. The Morgan fingerprint density at radius 2 is 1.86 bits per heavy atom. The van der Waals surface area contributed by atoms with E-state index in [0.717, 1.165) is 5.69 Å². The molecular weight excluding hydrogens is 194 g/mol. The summed E-state index contributed by atoms with van der Waals surface area (Å²) in [6, 6.07) is 7.84. The molecule has 0 spiro atoms. The van der Waals surface area contributed by atoms with Crippen LogP contribution in [-0.4, -0.2) is 18.2 Å². The summed E-state index contributed by atoms with van der Waals surface area (Å²) in [5.41, 5.74) is 2.09. The van der Waals surface area contributed by atoms with E-state index in [1.807, 2.05) is 31.2 Å². The lowest BCUT2D eigenvalue weighted by atomic mass is 10.2. The summed E-state index contributed by atoms with van der Waals surface area (Å²) in [5, 5.41) is -0.263. The van der Waals surface area contributed by atoms with Gasteiger partial charge in [-0.25, -0.2) is 0 Å². The third-order valence-corrected chi connectivity index (χ3v) is 2.33. The molecule has 0 aliphatic heterocycles. The molecule has 2 nitrogen and oxygen atoms in total. The van der Waals surface area contributed by atoms with Gasteiger partial charge in [-0.05, 0) is 26.0 Å². The first kappa shape index (κ1) is 11.1. The lowest BCUT2D eigenvalue weighted by Gasteiger charge is -2.19. The lowest BCUT2D eigenvalue weighted by molar-refractivity contribution is -0.117. The number of aryl methyl sites for hydroxylation is 1. The molecule has 0 bridgehead atoms. The number of thiol groups is 1. The van der Waals surface area contributed by atoms with Crippen LogP contribution in [0, 0.1) is 6.92 Å². The van der Waals surface area contributed by atoms with Crippen molar-refractivity contribution in [3.05, 3.63) is 29.8 Å². The average molecular weight is 209 g/mol. The molecule has 0 aliphatic rings. The zero-order valence-electron chi connectivity index (χ0n) is 8.69. The number of hydrogen-bond donors (Lipinski definition) is 1. The largest absolute Gasteiger partial charge is 0.315 e. The number of benzene rings is 1. The van der Waals surface area contributed by atoms with Gasteiger partial charge < -0.3 is 4.90 Å². The van der Waals surface area contributed by atoms with Gasteiger partial charge in [0, 0.05) is 12.7 Å². The highest BCUT2D eigenvalue weighted by atomic mass is 32.1. The second-order valence-electron chi connectivity index (χ2n) is 3.41. The first-order valence-corrected chi connectivity index (χ1v) is 5.06. The Morgan fingerprint density at radius 3 is 2.29 bits per heavy atom. The highest BCUT2D eigenvalue weighted by molar-refractivity contribution is 7.81. The van der Waals surface area contributed by atoms with Gasteiger partial charge in [0.15, 0.2) is 0 Å². The maximum atomic E-state index is 11.6. The average Bonchev–Trinajstić information content (AvgIpc) is 2.16. The fourth-order valence-electron chi connectivity index (χ4n) is 1.18. The molecule has 1 unspecified atom stereocenters. The Balaban J connectivity index is 2.84. The zero-order valence-corrected chi connectivity index (χ0v) is 9.58. The van der Waals surface area contributed by atoms with Crippen LogP contribution < -0.4 is 4.90 Å². The fraction of sp³-hybridized carbons (Fsp3) is 0.364. The van der Waals surface area contributed by atoms with Crippen LogP contribution in [0.2, 0.25) is 0 Å². The Kier molecular flexibility index (Phi) is 3.58. The van der Waals surface area contributed by atoms with Crippen LogP contribution in [0.4, 0.5) is 5.69 Å². The molecule has 0 aliphatic carbocycles. The van der Waals surface area contributed by atoms with Crippen molar-refractivity contribution in [1.82, 2.24) is 0 Å². The number of nitrogens with zero attached hydrogens (tertiary/aromatic N) is 1. The molecule has 1 atom stereocenters. The van der Waals surface area contributed by atoms with Gasteiger partial charge in [-0.15, -0.1) is 0 Å². The van der Waals surface area contributed by atoms with Gasteiger partial charge >= 0.3 is 0 Å². The Labute approximate surface area is 90.3 Å². The fourth-order valence-corrected chi connectivity index (χ4v) is 1.35. The number of anilines is 1. The van der Waals surface area contributed by atoms with Crippen molar-refractivity contribution in [3.63, 3.8) is 0 Å². The van der Waals surface area contributed by atoms with Crippen LogP contribution in [0.25, 0.3) is 0 Å². The summed E-state index contributed by atoms with van der Waals surface area (Å²) in [6.45, 7) is 3.79.